The van der Waals surface area contributed by atoms with Gasteiger partial charge in [0.1, 0.15) is 0 Å². The maximum atomic E-state index is 12.5. The lowest BCUT2D eigenvalue weighted by Crippen LogP contribution is -2.41. The lowest BCUT2D eigenvalue weighted by Gasteiger charge is -2.25. The van der Waals surface area contributed by atoms with Crippen LogP contribution in [-0.2, 0) is 4.79 Å². The number of methoxy groups -OCH3 is 1. The van der Waals surface area contributed by atoms with Gasteiger partial charge in [-0.15, -0.1) is 0 Å². The second kappa shape index (κ2) is 7.99. The molecule has 2 rings (SSSR count). The average Bonchev–Trinajstić information content (AvgIpc) is 2.83. The monoisotopic (exact) mass is 319 g/mol. The van der Waals surface area contributed by atoms with E-state index in [9.17, 15) is 9.59 Å². The van der Waals surface area contributed by atoms with E-state index in [0.29, 0.717) is 17.1 Å². The first-order chi connectivity index (χ1) is 11.0. The fourth-order valence-corrected chi connectivity index (χ4v) is 2.77. The van der Waals surface area contributed by atoms with E-state index in [0.717, 1.165) is 25.9 Å². The fourth-order valence-electron chi connectivity index (χ4n) is 2.77. The van der Waals surface area contributed by atoms with Crippen LogP contribution in [-0.4, -0.2) is 42.9 Å². The Labute approximate surface area is 137 Å². The number of carbonyl (C=O) groups excluding carboxylic acids is 2. The predicted molar refractivity (Wildman–Crippen MR) is 88.1 cm³/mol. The van der Waals surface area contributed by atoms with Gasteiger partial charge >= 0.3 is 0 Å². The molecule has 1 atom stereocenters. The molecule has 1 aliphatic heterocycles. The summed E-state index contributed by atoms with van der Waals surface area (Å²) in [6.45, 7) is 4.85. The Morgan fingerprint density at radius 1 is 1.09 bits per heavy atom. The zero-order chi connectivity index (χ0) is 16.8. The number of carbonyl (C=O) groups is 2. The molecule has 0 spiro atoms. The summed E-state index contributed by atoms with van der Waals surface area (Å²) < 4.78 is 11.1. The normalized spacial score (nSPS) is 16.4. The van der Waals surface area contributed by atoms with E-state index in [-0.39, 0.29) is 11.7 Å². The number of ketones is 1. The number of nitrogens with zero attached hydrogens (tertiary/aromatic N) is 1. The molecule has 1 aliphatic rings. The molecular formula is C18H25NO4. The molecule has 1 amide bonds. The van der Waals surface area contributed by atoms with E-state index in [1.54, 1.807) is 25.1 Å². The molecular weight excluding hydrogens is 294 g/mol. The molecule has 1 aromatic rings. The highest BCUT2D eigenvalue weighted by Gasteiger charge is 2.24. The number of amides is 1. The summed E-state index contributed by atoms with van der Waals surface area (Å²) in [5.74, 6) is 0.912. The minimum atomic E-state index is -0.579. The number of hydrogen-bond donors (Lipinski definition) is 0. The van der Waals surface area contributed by atoms with Gasteiger partial charge in [-0.25, -0.2) is 0 Å². The summed E-state index contributed by atoms with van der Waals surface area (Å²) in [7, 11) is 1.52. The molecule has 1 fully saturated rings. The first kappa shape index (κ1) is 17.3. The van der Waals surface area contributed by atoms with E-state index in [1.165, 1.54) is 26.9 Å². The summed E-state index contributed by atoms with van der Waals surface area (Å²) in [5.41, 5.74) is 0.556. The molecule has 23 heavy (non-hydrogen) atoms. The highest BCUT2D eigenvalue weighted by Crippen LogP contribution is 2.29. The molecule has 0 radical (unpaired) electrons. The first-order valence-corrected chi connectivity index (χ1v) is 8.17. The van der Waals surface area contributed by atoms with E-state index in [4.69, 9.17) is 9.47 Å². The van der Waals surface area contributed by atoms with Crippen molar-refractivity contribution in [3.05, 3.63) is 23.8 Å². The molecule has 126 valence electrons. The van der Waals surface area contributed by atoms with Crippen molar-refractivity contribution in [1.82, 2.24) is 4.90 Å². The Morgan fingerprint density at radius 2 is 1.74 bits per heavy atom. The Bertz CT molecular complexity index is 562. The van der Waals surface area contributed by atoms with Crippen LogP contribution < -0.4 is 9.47 Å². The number of likely N-dealkylation sites (tertiary alicyclic amines) is 1. The molecule has 1 saturated heterocycles. The van der Waals surface area contributed by atoms with Crippen LogP contribution in [0.2, 0.25) is 0 Å². The van der Waals surface area contributed by atoms with Crippen LogP contribution in [0.4, 0.5) is 0 Å². The summed E-state index contributed by atoms with van der Waals surface area (Å²) >= 11 is 0. The third-order valence-electron chi connectivity index (χ3n) is 4.14. The van der Waals surface area contributed by atoms with Gasteiger partial charge in [0, 0.05) is 18.7 Å². The Balaban J connectivity index is 2.08. The minimum absolute atomic E-state index is 0.00426. The van der Waals surface area contributed by atoms with E-state index in [2.05, 4.69) is 0 Å². The van der Waals surface area contributed by atoms with Crippen molar-refractivity contribution < 1.29 is 19.1 Å². The van der Waals surface area contributed by atoms with Gasteiger partial charge in [0.2, 0.25) is 0 Å². The van der Waals surface area contributed by atoms with Crippen molar-refractivity contribution in [2.75, 3.05) is 20.2 Å². The molecule has 0 N–H and O–H groups in total. The first-order valence-electron chi connectivity index (χ1n) is 8.17. The Hall–Kier alpha value is -2.04. The quantitative estimate of drug-likeness (QED) is 0.783. The molecule has 0 aromatic heterocycles. The molecule has 0 saturated carbocycles. The van der Waals surface area contributed by atoms with Crippen molar-refractivity contribution >= 4 is 11.7 Å². The van der Waals surface area contributed by atoms with E-state index in [1.807, 2.05) is 4.90 Å². The van der Waals surface area contributed by atoms with Crippen molar-refractivity contribution in [3.63, 3.8) is 0 Å². The van der Waals surface area contributed by atoms with Crippen LogP contribution in [0.25, 0.3) is 0 Å². The standard InChI is InChI=1S/C18H25NO4/c1-13(20)15-8-9-16(17(12-15)22-3)23-14(2)18(21)19-10-6-4-5-7-11-19/h8-9,12,14H,4-7,10-11H2,1-3H3. The third-order valence-corrected chi connectivity index (χ3v) is 4.14. The number of ether oxygens (including phenoxy) is 2. The minimum Gasteiger partial charge on any atom is -0.493 e. The maximum absolute atomic E-state index is 12.5. The lowest BCUT2D eigenvalue weighted by atomic mass is 10.1. The van der Waals surface area contributed by atoms with Crippen molar-refractivity contribution in [3.8, 4) is 11.5 Å². The molecule has 1 aromatic carbocycles. The zero-order valence-electron chi connectivity index (χ0n) is 14.1. The SMILES string of the molecule is COc1cc(C(C)=O)ccc1OC(C)C(=O)N1CCCCCC1. The smallest absolute Gasteiger partial charge is 0.263 e. The van der Waals surface area contributed by atoms with E-state index >= 15 is 0 Å². The van der Waals surface area contributed by atoms with Crippen LogP contribution in [0.15, 0.2) is 18.2 Å². The number of rotatable bonds is 5. The number of Topliss-reactive ketones (excluding diaryl/α,β-unsaturated/α-hetero) is 1. The second-order valence-electron chi connectivity index (χ2n) is 5.92. The van der Waals surface area contributed by atoms with Crippen LogP contribution in [0.3, 0.4) is 0 Å². The second-order valence-corrected chi connectivity index (χ2v) is 5.92. The Morgan fingerprint density at radius 3 is 2.30 bits per heavy atom. The summed E-state index contributed by atoms with van der Waals surface area (Å²) in [5, 5.41) is 0. The number of hydrogen-bond acceptors (Lipinski definition) is 4. The van der Waals surface area contributed by atoms with Crippen LogP contribution in [0.5, 0.6) is 11.5 Å². The lowest BCUT2D eigenvalue weighted by molar-refractivity contribution is -0.137. The summed E-state index contributed by atoms with van der Waals surface area (Å²) in [6.07, 6.45) is 3.88. The van der Waals surface area contributed by atoms with Gasteiger partial charge in [-0.05, 0) is 44.9 Å². The summed E-state index contributed by atoms with van der Waals surface area (Å²) in [6, 6.07) is 5.01. The van der Waals surface area contributed by atoms with Crippen LogP contribution in [0.1, 0.15) is 49.9 Å². The van der Waals surface area contributed by atoms with Gasteiger partial charge in [0.15, 0.2) is 23.4 Å². The van der Waals surface area contributed by atoms with Crippen molar-refractivity contribution in [2.45, 2.75) is 45.6 Å². The van der Waals surface area contributed by atoms with Gasteiger partial charge in [-0.3, -0.25) is 9.59 Å². The molecule has 1 unspecified atom stereocenters. The van der Waals surface area contributed by atoms with Gasteiger partial charge in [-0.2, -0.15) is 0 Å². The maximum Gasteiger partial charge on any atom is 0.263 e. The molecule has 1 heterocycles. The van der Waals surface area contributed by atoms with Crippen molar-refractivity contribution in [2.24, 2.45) is 0 Å². The molecule has 0 aliphatic carbocycles. The number of benzene rings is 1. The van der Waals surface area contributed by atoms with Gasteiger partial charge in [-0.1, -0.05) is 12.8 Å². The topological polar surface area (TPSA) is 55.8 Å². The van der Waals surface area contributed by atoms with Crippen molar-refractivity contribution in [1.29, 1.82) is 0 Å². The average molecular weight is 319 g/mol. The molecule has 5 nitrogen and oxygen atoms in total. The van der Waals surface area contributed by atoms with Gasteiger partial charge in [0.25, 0.3) is 5.91 Å². The fraction of sp³-hybridized carbons (Fsp3) is 0.556. The largest absolute Gasteiger partial charge is 0.493 e. The van der Waals surface area contributed by atoms with Crippen LogP contribution >= 0.6 is 0 Å². The van der Waals surface area contributed by atoms with Gasteiger partial charge < -0.3 is 14.4 Å². The van der Waals surface area contributed by atoms with Gasteiger partial charge in [0.05, 0.1) is 7.11 Å². The highest BCUT2D eigenvalue weighted by atomic mass is 16.5. The van der Waals surface area contributed by atoms with E-state index < -0.39 is 6.10 Å². The van der Waals surface area contributed by atoms with Crippen LogP contribution in [0, 0.1) is 0 Å². The predicted octanol–water partition coefficient (Wildman–Crippen LogP) is 3.07. The zero-order valence-corrected chi connectivity index (χ0v) is 14.1. The molecule has 0 bridgehead atoms. The summed E-state index contributed by atoms with van der Waals surface area (Å²) in [4.78, 5) is 25.9. The highest BCUT2D eigenvalue weighted by molar-refractivity contribution is 5.94. The molecule has 5 heteroatoms. The Kier molecular flexibility index (Phi) is 6.02. The third kappa shape index (κ3) is 4.47.